The lowest BCUT2D eigenvalue weighted by Gasteiger charge is -2.37. The van der Waals surface area contributed by atoms with Crippen LogP contribution in [0.3, 0.4) is 0 Å². The molecule has 146 valence electrons. The van der Waals surface area contributed by atoms with Crippen LogP contribution in [0.4, 0.5) is 0 Å². The maximum absolute atomic E-state index is 5.79. The van der Waals surface area contributed by atoms with Crippen molar-refractivity contribution in [2.24, 2.45) is 10.8 Å². The molecule has 26 heavy (non-hydrogen) atoms. The van der Waals surface area contributed by atoms with Crippen LogP contribution in [-0.2, 0) is 31.8 Å². The van der Waals surface area contributed by atoms with Crippen molar-refractivity contribution in [3.8, 4) is 0 Å². The molecule has 3 rings (SSSR count). The highest BCUT2D eigenvalue weighted by molar-refractivity contribution is 5.22. The van der Waals surface area contributed by atoms with Crippen molar-refractivity contribution in [1.29, 1.82) is 0 Å². The van der Waals surface area contributed by atoms with Crippen molar-refractivity contribution in [2.45, 2.75) is 39.5 Å². The maximum atomic E-state index is 5.79. The van der Waals surface area contributed by atoms with Gasteiger partial charge in [0.2, 0.25) is 0 Å². The Morgan fingerprint density at radius 1 is 0.692 bits per heavy atom. The normalized spacial score (nSPS) is 20.4. The van der Waals surface area contributed by atoms with Crippen molar-refractivity contribution in [3.05, 3.63) is 35.4 Å². The lowest BCUT2D eigenvalue weighted by molar-refractivity contribution is -0.114. The quantitative estimate of drug-likeness (QED) is 0.532. The summed E-state index contributed by atoms with van der Waals surface area (Å²) < 4.78 is 22.1. The third-order valence-electron chi connectivity index (χ3n) is 5.60. The van der Waals surface area contributed by atoms with Gasteiger partial charge in [0.1, 0.15) is 0 Å². The van der Waals surface area contributed by atoms with Crippen LogP contribution >= 0.6 is 0 Å². The summed E-state index contributed by atoms with van der Waals surface area (Å²) in [5.74, 6) is 0. The summed E-state index contributed by atoms with van der Waals surface area (Å²) in [6.07, 6.45) is 4.14. The Labute approximate surface area is 158 Å². The second-order valence-electron chi connectivity index (χ2n) is 8.65. The zero-order valence-electron chi connectivity index (χ0n) is 16.4. The Bertz CT molecular complexity index is 483. The molecule has 0 atom stereocenters. The molecular weight excluding hydrogens is 328 g/mol. The molecule has 1 aromatic rings. The highest BCUT2D eigenvalue weighted by atomic mass is 16.5. The summed E-state index contributed by atoms with van der Waals surface area (Å²) in [4.78, 5) is 0. The van der Waals surface area contributed by atoms with E-state index in [9.17, 15) is 0 Å². The molecule has 4 nitrogen and oxygen atoms in total. The third-order valence-corrected chi connectivity index (χ3v) is 5.60. The van der Waals surface area contributed by atoms with E-state index in [1.165, 1.54) is 11.1 Å². The molecule has 2 aliphatic rings. The van der Waals surface area contributed by atoms with Gasteiger partial charge >= 0.3 is 0 Å². The van der Waals surface area contributed by atoms with Crippen LogP contribution in [0, 0.1) is 10.8 Å². The first-order valence-corrected chi connectivity index (χ1v) is 9.96. The highest BCUT2D eigenvalue weighted by Crippen LogP contribution is 2.30. The zero-order valence-corrected chi connectivity index (χ0v) is 16.4. The van der Waals surface area contributed by atoms with Crippen LogP contribution in [-0.4, -0.2) is 52.9 Å². The fraction of sp³-hybridized carbons (Fsp3) is 0.727. The van der Waals surface area contributed by atoms with Crippen molar-refractivity contribution in [3.63, 3.8) is 0 Å². The van der Waals surface area contributed by atoms with E-state index < -0.39 is 0 Å². The van der Waals surface area contributed by atoms with Gasteiger partial charge in [0.25, 0.3) is 0 Å². The maximum Gasteiger partial charge on any atom is 0.0542 e. The predicted molar refractivity (Wildman–Crippen MR) is 103 cm³/mol. The minimum Gasteiger partial charge on any atom is -0.381 e. The second-order valence-corrected chi connectivity index (χ2v) is 8.65. The first-order chi connectivity index (χ1) is 12.6. The number of benzene rings is 1. The molecule has 0 aromatic heterocycles. The van der Waals surface area contributed by atoms with Crippen molar-refractivity contribution < 1.29 is 18.9 Å². The number of ether oxygens (including phenoxy) is 4. The van der Waals surface area contributed by atoms with Crippen molar-refractivity contribution >= 4 is 0 Å². The minimum atomic E-state index is 0.354. The highest BCUT2D eigenvalue weighted by Gasteiger charge is 2.33. The van der Waals surface area contributed by atoms with E-state index in [-0.39, 0.29) is 0 Å². The standard InChI is InChI=1S/C22H34O4/c1-21(15-25-16-21)9-13-23-11-7-19-3-5-20(6-4-19)8-12-24-14-10-22(2)17-26-18-22/h3-6H,7-18H2,1-2H3. The van der Waals surface area contributed by atoms with Gasteiger partial charge in [0.15, 0.2) is 0 Å². The van der Waals surface area contributed by atoms with Crippen LogP contribution in [0.15, 0.2) is 24.3 Å². The molecule has 0 bridgehead atoms. The van der Waals surface area contributed by atoms with E-state index in [2.05, 4.69) is 38.1 Å². The molecule has 0 unspecified atom stereocenters. The molecule has 2 aliphatic heterocycles. The van der Waals surface area contributed by atoms with Gasteiger partial charge in [0, 0.05) is 24.0 Å². The summed E-state index contributed by atoms with van der Waals surface area (Å²) in [5, 5.41) is 0. The Kier molecular flexibility index (Phi) is 7.10. The fourth-order valence-corrected chi connectivity index (χ4v) is 3.28. The topological polar surface area (TPSA) is 36.9 Å². The summed E-state index contributed by atoms with van der Waals surface area (Å²) in [5.41, 5.74) is 3.39. The van der Waals surface area contributed by atoms with E-state index in [0.29, 0.717) is 10.8 Å². The van der Waals surface area contributed by atoms with E-state index in [4.69, 9.17) is 18.9 Å². The van der Waals surface area contributed by atoms with Crippen LogP contribution in [0.1, 0.15) is 37.8 Å². The van der Waals surface area contributed by atoms with Gasteiger partial charge in [-0.2, -0.15) is 0 Å². The summed E-state index contributed by atoms with van der Waals surface area (Å²) in [6.45, 7) is 11.3. The van der Waals surface area contributed by atoms with Crippen LogP contribution < -0.4 is 0 Å². The van der Waals surface area contributed by atoms with E-state index in [1.54, 1.807) is 0 Å². The first-order valence-electron chi connectivity index (χ1n) is 9.96. The van der Waals surface area contributed by atoms with E-state index >= 15 is 0 Å². The molecule has 0 amide bonds. The van der Waals surface area contributed by atoms with Crippen LogP contribution in [0.5, 0.6) is 0 Å². The molecule has 2 saturated heterocycles. The van der Waals surface area contributed by atoms with Crippen LogP contribution in [0.25, 0.3) is 0 Å². The number of rotatable bonds is 12. The Morgan fingerprint density at radius 3 is 1.38 bits per heavy atom. The molecule has 0 saturated carbocycles. The number of hydrogen-bond donors (Lipinski definition) is 0. The van der Waals surface area contributed by atoms with Gasteiger partial charge < -0.3 is 18.9 Å². The Morgan fingerprint density at radius 2 is 1.08 bits per heavy atom. The lowest BCUT2D eigenvalue weighted by Crippen LogP contribution is -2.40. The summed E-state index contributed by atoms with van der Waals surface area (Å²) in [6, 6.07) is 8.86. The third kappa shape index (κ3) is 6.05. The monoisotopic (exact) mass is 362 g/mol. The molecule has 2 heterocycles. The van der Waals surface area contributed by atoms with Gasteiger partial charge in [-0.25, -0.2) is 0 Å². The largest absolute Gasteiger partial charge is 0.381 e. The molecule has 4 heteroatoms. The van der Waals surface area contributed by atoms with E-state index in [0.717, 1.165) is 78.5 Å². The van der Waals surface area contributed by atoms with Crippen molar-refractivity contribution in [1.82, 2.24) is 0 Å². The molecule has 0 radical (unpaired) electrons. The molecule has 0 aliphatic carbocycles. The lowest BCUT2D eigenvalue weighted by atomic mass is 9.85. The second kappa shape index (κ2) is 9.32. The fourth-order valence-electron chi connectivity index (χ4n) is 3.28. The number of hydrogen-bond acceptors (Lipinski definition) is 4. The van der Waals surface area contributed by atoms with Gasteiger partial charge in [-0.05, 0) is 36.8 Å². The minimum absolute atomic E-state index is 0.354. The van der Waals surface area contributed by atoms with Crippen LogP contribution in [0.2, 0.25) is 0 Å². The molecule has 2 fully saturated rings. The smallest absolute Gasteiger partial charge is 0.0542 e. The zero-order chi connectivity index (χ0) is 18.3. The van der Waals surface area contributed by atoms with Gasteiger partial charge in [-0.3, -0.25) is 0 Å². The first kappa shape index (κ1) is 19.8. The summed E-state index contributed by atoms with van der Waals surface area (Å²) in [7, 11) is 0. The average Bonchev–Trinajstić information content (AvgIpc) is 2.59. The molecule has 0 N–H and O–H groups in total. The average molecular weight is 363 g/mol. The van der Waals surface area contributed by atoms with Gasteiger partial charge in [0.05, 0.1) is 39.6 Å². The van der Waals surface area contributed by atoms with E-state index in [1.807, 2.05) is 0 Å². The van der Waals surface area contributed by atoms with Gasteiger partial charge in [-0.1, -0.05) is 38.1 Å². The Balaban J connectivity index is 1.22. The summed E-state index contributed by atoms with van der Waals surface area (Å²) >= 11 is 0. The molecule has 1 aromatic carbocycles. The predicted octanol–water partition coefficient (Wildman–Crippen LogP) is 3.66. The SMILES string of the molecule is CC1(CCOCCc2ccc(CCOCCC3(C)COC3)cc2)COC1. The van der Waals surface area contributed by atoms with Crippen molar-refractivity contribution in [2.75, 3.05) is 52.9 Å². The molecular formula is C22H34O4. The van der Waals surface area contributed by atoms with Gasteiger partial charge in [-0.15, -0.1) is 0 Å². The molecule has 0 spiro atoms. The Hall–Kier alpha value is -0.940.